The van der Waals surface area contributed by atoms with Crippen LogP contribution in [0.15, 0.2) is 18.2 Å². The van der Waals surface area contributed by atoms with E-state index in [1.54, 1.807) is 19.2 Å². The van der Waals surface area contributed by atoms with Crippen LogP contribution in [0.25, 0.3) is 0 Å². The highest BCUT2D eigenvalue weighted by Crippen LogP contribution is 2.22. The lowest BCUT2D eigenvalue weighted by Gasteiger charge is -2.16. The van der Waals surface area contributed by atoms with Gasteiger partial charge in [-0.25, -0.2) is 0 Å². The average Bonchev–Trinajstić information content (AvgIpc) is 2.89. The molecule has 1 aliphatic rings. The number of amides is 1. The van der Waals surface area contributed by atoms with E-state index < -0.39 is 0 Å². The third kappa shape index (κ3) is 3.06. The number of methoxy groups -OCH3 is 1. The minimum absolute atomic E-state index is 0.133. The Morgan fingerprint density at radius 3 is 2.78 bits per heavy atom. The summed E-state index contributed by atoms with van der Waals surface area (Å²) in [6.07, 6.45) is 2.22. The van der Waals surface area contributed by atoms with Crippen molar-refractivity contribution in [1.29, 1.82) is 0 Å². The van der Waals surface area contributed by atoms with Crippen LogP contribution in [-0.4, -0.2) is 37.6 Å². The topological polar surface area (TPSA) is 67.6 Å². The summed E-state index contributed by atoms with van der Waals surface area (Å²) in [5, 5.41) is 3.09. The number of nitrogen functional groups attached to an aromatic ring is 1. The van der Waals surface area contributed by atoms with Gasteiger partial charge in [-0.15, -0.1) is 0 Å². The smallest absolute Gasteiger partial charge is 0.241 e. The molecule has 0 aromatic heterocycles. The number of carbonyl (C=O) groups excluding carboxylic acids is 1. The number of nitrogens with zero attached hydrogens (tertiary/aromatic N) is 1. The van der Waals surface area contributed by atoms with E-state index in [2.05, 4.69) is 5.32 Å². The van der Waals surface area contributed by atoms with E-state index in [1.165, 1.54) is 0 Å². The molecule has 1 fully saturated rings. The second-order valence-corrected chi connectivity index (χ2v) is 4.44. The standard InChI is InChI=1S/C13H19N3O2/c1-18-12-7-10(14)6-11(8-12)15-9-13(17)16-4-2-3-5-16/h6-8,15H,2-5,9,14H2,1H3. The summed E-state index contributed by atoms with van der Waals surface area (Å²) in [7, 11) is 1.59. The first-order chi connectivity index (χ1) is 8.69. The Bertz CT molecular complexity index is 428. The molecule has 1 heterocycles. The quantitative estimate of drug-likeness (QED) is 0.790. The lowest BCUT2D eigenvalue weighted by atomic mass is 10.2. The second kappa shape index (κ2) is 5.62. The molecule has 0 atom stereocenters. The molecule has 18 heavy (non-hydrogen) atoms. The highest BCUT2D eigenvalue weighted by atomic mass is 16.5. The fraction of sp³-hybridized carbons (Fsp3) is 0.462. The molecule has 0 radical (unpaired) electrons. The van der Waals surface area contributed by atoms with Crippen LogP contribution in [0.2, 0.25) is 0 Å². The molecule has 1 aromatic carbocycles. The Hall–Kier alpha value is -1.91. The van der Waals surface area contributed by atoms with Crippen LogP contribution in [0, 0.1) is 0 Å². The van der Waals surface area contributed by atoms with Crippen LogP contribution in [0.3, 0.4) is 0 Å². The summed E-state index contributed by atoms with van der Waals surface area (Å²) in [5.41, 5.74) is 7.17. The van der Waals surface area contributed by atoms with E-state index >= 15 is 0 Å². The van der Waals surface area contributed by atoms with Crippen molar-refractivity contribution in [1.82, 2.24) is 4.90 Å². The first kappa shape index (κ1) is 12.5. The Kier molecular flexibility index (Phi) is 3.92. The van der Waals surface area contributed by atoms with Gasteiger partial charge in [0, 0.05) is 36.6 Å². The summed E-state index contributed by atoms with van der Waals surface area (Å²) in [5.74, 6) is 0.819. The minimum atomic E-state index is 0.133. The molecule has 5 nitrogen and oxygen atoms in total. The first-order valence-corrected chi connectivity index (χ1v) is 6.15. The zero-order valence-electron chi connectivity index (χ0n) is 10.6. The minimum Gasteiger partial charge on any atom is -0.497 e. The monoisotopic (exact) mass is 249 g/mol. The molecule has 1 aromatic rings. The van der Waals surface area contributed by atoms with Gasteiger partial charge in [0.15, 0.2) is 0 Å². The molecule has 0 unspecified atom stereocenters. The number of nitrogens with two attached hydrogens (primary N) is 1. The predicted octanol–water partition coefficient (Wildman–Crippen LogP) is 1.31. The van der Waals surface area contributed by atoms with Gasteiger partial charge in [-0.05, 0) is 18.9 Å². The number of hydrogen-bond acceptors (Lipinski definition) is 4. The summed E-state index contributed by atoms with van der Waals surface area (Å²) < 4.78 is 5.13. The summed E-state index contributed by atoms with van der Waals surface area (Å²) in [4.78, 5) is 13.7. The number of rotatable bonds is 4. The highest BCUT2D eigenvalue weighted by Gasteiger charge is 2.17. The van der Waals surface area contributed by atoms with Crippen LogP contribution >= 0.6 is 0 Å². The number of carbonyl (C=O) groups is 1. The molecule has 0 aliphatic carbocycles. The molecule has 5 heteroatoms. The highest BCUT2D eigenvalue weighted by molar-refractivity contribution is 5.81. The van der Waals surface area contributed by atoms with Gasteiger partial charge in [0.25, 0.3) is 0 Å². The number of anilines is 2. The molecule has 1 saturated heterocycles. The fourth-order valence-corrected chi connectivity index (χ4v) is 2.10. The van der Waals surface area contributed by atoms with E-state index in [1.807, 2.05) is 11.0 Å². The van der Waals surface area contributed by atoms with Crippen molar-refractivity contribution in [3.8, 4) is 5.75 Å². The van der Waals surface area contributed by atoms with Gasteiger partial charge < -0.3 is 20.7 Å². The predicted molar refractivity (Wildman–Crippen MR) is 71.7 cm³/mol. The van der Waals surface area contributed by atoms with Gasteiger partial charge in [-0.3, -0.25) is 4.79 Å². The maximum absolute atomic E-state index is 11.9. The van der Waals surface area contributed by atoms with Crippen LogP contribution in [-0.2, 0) is 4.79 Å². The third-order valence-electron chi connectivity index (χ3n) is 3.07. The molecule has 3 N–H and O–H groups in total. The maximum Gasteiger partial charge on any atom is 0.241 e. The maximum atomic E-state index is 11.9. The van der Waals surface area contributed by atoms with E-state index in [-0.39, 0.29) is 5.91 Å². The van der Waals surface area contributed by atoms with Crippen molar-refractivity contribution in [2.75, 3.05) is 37.8 Å². The largest absolute Gasteiger partial charge is 0.497 e. The van der Waals surface area contributed by atoms with E-state index in [0.717, 1.165) is 31.6 Å². The van der Waals surface area contributed by atoms with E-state index in [0.29, 0.717) is 18.0 Å². The molecule has 0 spiro atoms. The number of benzene rings is 1. The van der Waals surface area contributed by atoms with Crippen LogP contribution in [0.4, 0.5) is 11.4 Å². The number of hydrogen-bond donors (Lipinski definition) is 2. The van der Waals surface area contributed by atoms with E-state index in [4.69, 9.17) is 10.5 Å². The molecular formula is C13H19N3O2. The lowest BCUT2D eigenvalue weighted by molar-refractivity contribution is -0.128. The Labute approximate surface area is 107 Å². The molecular weight excluding hydrogens is 230 g/mol. The van der Waals surface area contributed by atoms with Crippen LogP contribution in [0.5, 0.6) is 5.75 Å². The summed E-state index contributed by atoms with van der Waals surface area (Å²) >= 11 is 0. The van der Waals surface area contributed by atoms with Crippen molar-refractivity contribution in [3.63, 3.8) is 0 Å². The molecule has 1 aliphatic heterocycles. The Balaban J connectivity index is 1.92. The van der Waals surface area contributed by atoms with Crippen molar-refractivity contribution in [2.24, 2.45) is 0 Å². The second-order valence-electron chi connectivity index (χ2n) is 4.44. The van der Waals surface area contributed by atoms with E-state index in [9.17, 15) is 4.79 Å². The SMILES string of the molecule is COc1cc(N)cc(NCC(=O)N2CCCC2)c1. The summed E-state index contributed by atoms with van der Waals surface area (Å²) in [6.45, 7) is 2.05. The molecule has 2 rings (SSSR count). The Morgan fingerprint density at radius 2 is 2.11 bits per heavy atom. The first-order valence-electron chi connectivity index (χ1n) is 6.15. The summed E-state index contributed by atoms with van der Waals surface area (Å²) in [6, 6.07) is 5.36. The van der Waals surface area contributed by atoms with Gasteiger partial charge in [-0.1, -0.05) is 0 Å². The van der Waals surface area contributed by atoms with Crippen molar-refractivity contribution in [3.05, 3.63) is 18.2 Å². The number of nitrogens with one attached hydrogen (secondary N) is 1. The lowest BCUT2D eigenvalue weighted by Crippen LogP contribution is -2.32. The zero-order valence-corrected chi connectivity index (χ0v) is 10.6. The van der Waals surface area contributed by atoms with Gasteiger partial charge in [0.2, 0.25) is 5.91 Å². The molecule has 0 bridgehead atoms. The van der Waals surface area contributed by atoms with Crippen molar-refractivity contribution >= 4 is 17.3 Å². The molecule has 98 valence electrons. The normalized spacial score (nSPS) is 14.6. The molecule has 0 saturated carbocycles. The third-order valence-corrected chi connectivity index (χ3v) is 3.07. The Morgan fingerprint density at radius 1 is 1.39 bits per heavy atom. The van der Waals surface area contributed by atoms with Gasteiger partial charge in [0.1, 0.15) is 5.75 Å². The average molecular weight is 249 g/mol. The van der Waals surface area contributed by atoms with Gasteiger partial charge in [-0.2, -0.15) is 0 Å². The van der Waals surface area contributed by atoms with Crippen molar-refractivity contribution < 1.29 is 9.53 Å². The zero-order chi connectivity index (χ0) is 13.0. The van der Waals surface area contributed by atoms with Crippen LogP contribution in [0.1, 0.15) is 12.8 Å². The van der Waals surface area contributed by atoms with Gasteiger partial charge in [0.05, 0.1) is 13.7 Å². The number of likely N-dealkylation sites (tertiary alicyclic amines) is 1. The van der Waals surface area contributed by atoms with Gasteiger partial charge >= 0.3 is 0 Å². The van der Waals surface area contributed by atoms with Crippen molar-refractivity contribution in [2.45, 2.75) is 12.8 Å². The number of ether oxygens (including phenoxy) is 1. The van der Waals surface area contributed by atoms with Crippen LogP contribution < -0.4 is 15.8 Å². The molecule has 1 amide bonds. The fourth-order valence-electron chi connectivity index (χ4n) is 2.10.